The summed E-state index contributed by atoms with van der Waals surface area (Å²) in [6.07, 6.45) is 0. The van der Waals surface area contributed by atoms with Gasteiger partial charge in [0.1, 0.15) is 0 Å². The van der Waals surface area contributed by atoms with E-state index in [9.17, 15) is 18.5 Å². The molecular weight excluding hydrogens is 256 g/mol. The maximum Gasteiger partial charge on any atom is 0.271 e. The molecule has 0 aromatic heterocycles. The van der Waals surface area contributed by atoms with Crippen molar-refractivity contribution in [2.24, 2.45) is 0 Å². The number of rotatable bonds is 4. The van der Waals surface area contributed by atoms with Gasteiger partial charge >= 0.3 is 0 Å². The number of hydrogen-bond donors (Lipinski definition) is 1. The van der Waals surface area contributed by atoms with Crippen molar-refractivity contribution < 1.29 is 13.3 Å². The smallest absolute Gasteiger partial charge is 0.271 e. The third-order valence-electron chi connectivity index (χ3n) is 1.81. The number of anilines is 1. The standard InChI is InChI=1S/C8H9ClN2O4S/c1-2-16(14,15)10-8-4-3-6(11(12)13)5-7(8)9/h3-5,10H,2H2,1H3. The highest BCUT2D eigenvalue weighted by Gasteiger charge is 2.13. The molecule has 8 heteroatoms. The van der Waals surface area contributed by atoms with E-state index >= 15 is 0 Å². The van der Waals surface area contributed by atoms with Crippen LogP contribution in [0.1, 0.15) is 6.92 Å². The second-order valence-electron chi connectivity index (χ2n) is 2.93. The molecular formula is C8H9ClN2O4S. The van der Waals surface area contributed by atoms with E-state index in [-0.39, 0.29) is 22.2 Å². The molecule has 0 radical (unpaired) electrons. The monoisotopic (exact) mass is 264 g/mol. The molecule has 0 atom stereocenters. The molecule has 6 nitrogen and oxygen atoms in total. The number of hydrogen-bond acceptors (Lipinski definition) is 4. The molecule has 1 rings (SSSR count). The lowest BCUT2D eigenvalue weighted by Crippen LogP contribution is -2.14. The molecule has 0 spiro atoms. The van der Waals surface area contributed by atoms with E-state index in [4.69, 9.17) is 11.6 Å². The zero-order chi connectivity index (χ0) is 12.3. The summed E-state index contributed by atoms with van der Waals surface area (Å²) in [5, 5.41) is 10.4. The summed E-state index contributed by atoms with van der Waals surface area (Å²) in [5.41, 5.74) is -0.0569. The van der Waals surface area contributed by atoms with Gasteiger partial charge in [-0.15, -0.1) is 0 Å². The Morgan fingerprint density at radius 2 is 2.12 bits per heavy atom. The van der Waals surface area contributed by atoms with Crippen LogP contribution in [0.2, 0.25) is 5.02 Å². The average Bonchev–Trinajstić information content (AvgIpc) is 2.20. The van der Waals surface area contributed by atoms with Gasteiger partial charge in [-0.1, -0.05) is 11.6 Å². The highest BCUT2D eigenvalue weighted by molar-refractivity contribution is 7.92. The van der Waals surface area contributed by atoms with Crippen LogP contribution in [-0.4, -0.2) is 19.1 Å². The molecule has 0 saturated carbocycles. The normalized spacial score (nSPS) is 11.1. The van der Waals surface area contributed by atoms with Crippen LogP contribution in [0.15, 0.2) is 18.2 Å². The number of benzene rings is 1. The Kier molecular flexibility index (Phi) is 3.71. The van der Waals surface area contributed by atoms with E-state index in [2.05, 4.69) is 4.72 Å². The Morgan fingerprint density at radius 1 is 1.50 bits per heavy atom. The minimum atomic E-state index is -3.43. The summed E-state index contributed by atoms with van der Waals surface area (Å²) in [7, 11) is -3.43. The van der Waals surface area contributed by atoms with Crippen LogP contribution in [-0.2, 0) is 10.0 Å². The van der Waals surface area contributed by atoms with Gasteiger partial charge in [-0.2, -0.15) is 0 Å². The van der Waals surface area contributed by atoms with Crippen molar-refractivity contribution in [3.63, 3.8) is 0 Å². The summed E-state index contributed by atoms with van der Waals surface area (Å²) in [5.74, 6) is -0.0969. The molecule has 0 bridgehead atoms. The van der Waals surface area contributed by atoms with E-state index in [0.29, 0.717) is 0 Å². The van der Waals surface area contributed by atoms with Crippen LogP contribution in [0.5, 0.6) is 0 Å². The summed E-state index contributed by atoms with van der Waals surface area (Å²) in [6.45, 7) is 1.47. The zero-order valence-electron chi connectivity index (χ0n) is 8.31. The largest absolute Gasteiger partial charge is 0.282 e. The number of nitrogens with zero attached hydrogens (tertiary/aromatic N) is 1. The molecule has 1 N–H and O–H groups in total. The van der Waals surface area contributed by atoms with Crippen LogP contribution in [0.3, 0.4) is 0 Å². The average molecular weight is 265 g/mol. The molecule has 1 aromatic rings. The number of nitrogens with one attached hydrogen (secondary N) is 1. The molecule has 0 fully saturated rings. The molecule has 1 aromatic carbocycles. The predicted octanol–water partition coefficient (Wildman–Crippen LogP) is 2.01. The van der Waals surface area contributed by atoms with E-state index in [0.717, 1.165) is 6.07 Å². The van der Waals surface area contributed by atoms with Crippen molar-refractivity contribution >= 4 is 33.0 Å². The number of nitro groups is 1. The van der Waals surface area contributed by atoms with E-state index < -0.39 is 14.9 Å². The minimum absolute atomic E-state index is 0.00812. The number of nitro benzene ring substituents is 1. The number of halogens is 1. The van der Waals surface area contributed by atoms with Crippen LogP contribution in [0.25, 0.3) is 0 Å². The first-order valence-electron chi connectivity index (χ1n) is 4.30. The molecule has 0 aliphatic heterocycles. The first kappa shape index (κ1) is 12.7. The second-order valence-corrected chi connectivity index (χ2v) is 5.34. The van der Waals surface area contributed by atoms with Crippen LogP contribution >= 0.6 is 11.6 Å². The first-order chi connectivity index (χ1) is 7.35. The minimum Gasteiger partial charge on any atom is -0.282 e. The van der Waals surface area contributed by atoms with Gasteiger partial charge in [-0.05, 0) is 13.0 Å². The van der Waals surface area contributed by atoms with Gasteiger partial charge in [0.2, 0.25) is 10.0 Å². The second kappa shape index (κ2) is 4.67. The number of sulfonamides is 1. The summed E-state index contributed by atoms with van der Waals surface area (Å²) in [6, 6.07) is 3.53. The van der Waals surface area contributed by atoms with Crippen molar-refractivity contribution in [3.05, 3.63) is 33.3 Å². The lowest BCUT2D eigenvalue weighted by Gasteiger charge is -2.07. The van der Waals surface area contributed by atoms with Gasteiger partial charge in [0.05, 0.1) is 21.4 Å². The molecule has 0 aliphatic rings. The molecule has 16 heavy (non-hydrogen) atoms. The fourth-order valence-corrected chi connectivity index (χ4v) is 1.88. The molecule has 0 aliphatic carbocycles. The highest BCUT2D eigenvalue weighted by atomic mass is 35.5. The van der Waals surface area contributed by atoms with Gasteiger partial charge in [0.15, 0.2) is 0 Å². The Labute approximate surface area is 97.4 Å². The highest BCUT2D eigenvalue weighted by Crippen LogP contribution is 2.27. The summed E-state index contributed by atoms with van der Waals surface area (Å²) >= 11 is 5.71. The van der Waals surface area contributed by atoms with Gasteiger partial charge in [0.25, 0.3) is 5.69 Å². The Morgan fingerprint density at radius 3 is 2.56 bits per heavy atom. The lowest BCUT2D eigenvalue weighted by atomic mass is 10.3. The first-order valence-corrected chi connectivity index (χ1v) is 6.33. The fourth-order valence-electron chi connectivity index (χ4n) is 0.940. The van der Waals surface area contributed by atoms with Crippen LogP contribution in [0, 0.1) is 10.1 Å². The zero-order valence-corrected chi connectivity index (χ0v) is 9.88. The molecule has 0 heterocycles. The maximum atomic E-state index is 11.2. The molecule has 0 amide bonds. The van der Waals surface area contributed by atoms with Crippen molar-refractivity contribution in [1.29, 1.82) is 0 Å². The van der Waals surface area contributed by atoms with E-state index in [1.807, 2.05) is 0 Å². The summed E-state index contributed by atoms with van der Waals surface area (Å²) in [4.78, 5) is 9.81. The van der Waals surface area contributed by atoms with Crippen LogP contribution in [0.4, 0.5) is 11.4 Å². The Bertz CT molecular complexity index is 515. The topological polar surface area (TPSA) is 89.3 Å². The van der Waals surface area contributed by atoms with Gasteiger partial charge in [-0.3, -0.25) is 14.8 Å². The molecule has 0 unspecified atom stereocenters. The maximum absolute atomic E-state index is 11.2. The Hall–Kier alpha value is -1.34. The van der Waals surface area contributed by atoms with E-state index in [1.165, 1.54) is 19.1 Å². The van der Waals surface area contributed by atoms with Crippen molar-refractivity contribution in [3.8, 4) is 0 Å². The lowest BCUT2D eigenvalue weighted by molar-refractivity contribution is -0.384. The van der Waals surface area contributed by atoms with Crippen molar-refractivity contribution in [1.82, 2.24) is 0 Å². The predicted molar refractivity (Wildman–Crippen MR) is 61.2 cm³/mol. The quantitative estimate of drug-likeness (QED) is 0.665. The van der Waals surface area contributed by atoms with E-state index in [1.54, 1.807) is 0 Å². The molecule has 0 saturated heterocycles. The SMILES string of the molecule is CCS(=O)(=O)Nc1ccc([N+](=O)[O-])cc1Cl. The van der Waals surface area contributed by atoms with Crippen molar-refractivity contribution in [2.75, 3.05) is 10.5 Å². The third kappa shape index (κ3) is 3.07. The summed E-state index contributed by atoms with van der Waals surface area (Å²) < 4.78 is 24.7. The third-order valence-corrected chi connectivity index (χ3v) is 3.41. The van der Waals surface area contributed by atoms with Gasteiger partial charge in [-0.25, -0.2) is 8.42 Å². The fraction of sp³-hybridized carbons (Fsp3) is 0.250. The van der Waals surface area contributed by atoms with Gasteiger partial charge < -0.3 is 0 Å². The number of non-ortho nitro benzene ring substituents is 1. The van der Waals surface area contributed by atoms with Gasteiger partial charge in [0, 0.05) is 12.1 Å². The van der Waals surface area contributed by atoms with Crippen LogP contribution < -0.4 is 4.72 Å². The molecule has 88 valence electrons. The van der Waals surface area contributed by atoms with Crippen molar-refractivity contribution in [2.45, 2.75) is 6.92 Å². The Balaban J connectivity index is 3.05.